The van der Waals surface area contributed by atoms with Gasteiger partial charge in [0.05, 0.1) is 23.5 Å². The Kier molecular flexibility index (Phi) is 11.5. The van der Waals surface area contributed by atoms with Crippen LogP contribution in [0.15, 0.2) is 40.0 Å². The highest BCUT2D eigenvalue weighted by Crippen LogP contribution is 2.34. The summed E-state index contributed by atoms with van der Waals surface area (Å²) in [5, 5.41) is 16.5. The monoisotopic (exact) mass is 604 g/mol. The van der Waals surface area contributed by atoms with Crippen molar-refractivity contribution in [1.29, 1.82) is 5.41 Å². The van der Waals surface area contributed by atoms with Crippen LogP contribution in [0.5, 0.6) is 0 Å². The van der Waals surface area contributed by atoms with E-state index in [1.165, 1.54) is 13.0 Å². The Morgan fingerprint density at radius 2 is 1.73 bits per heavy atom. The second-order valence-corrected chi connectivity index (χ2v) is 9.13. The normalized spacial score (nSPS) is 11.6. The van der Waals surface area contributed by atoms with Gasteiger partial charge >= 0.3 is 18.3 Å². The zero-order valence-electron chi connectivity index (χ0n) is 20.2. The van der Waals surface area contributed by atoms with Gasteiger partial charge in [-0.2, -0.15) is 26.3 Å². The molecule has 8 N–H and O–H groups in total. The molecule has 2 rings (SSSR count). The third-order valence-electron chi connectivity index (χ3n) is 4.27. The molecule has 20 heteroatoms. The van der Waals surface area contributed by atoms with E-state index in [1.807, 2.05) is 4.72 Å². The topological polar surface area (TPSA) is 217 Å². The van der Waals surface area contributed by atoms with Crippen molar-refractivity contribution in [2.24, 2.45) is 5.73 Å². The van der Waals surface area contributed by atoms with Gasteiger partial charge in [-0.1, -0.05) is 12.1 Å². The number of rotatable bonds is 9. The average molecular weight is 604 g/mol. The third kappa shape index (κ3) is 10.8. The molecule has 0 saturated heterocycles. The first-order chi connectivity index (χ1) is 18.3. The molecule has 0 spiro atoms. The summed E-state index contributed by atoms with van der Waals surface area (Å²) >= 11 is 0. The van der Waals surface area contributed by atoms with Crippen LogP contribution in [0.25, 0.3) is 0 Å². The van der Waals surface area contributed by atoms with E-state index in [4.69, 9.17) is 25.9 Å². The number of aryl methyl sites for hydroxylation is 1. The number of hydrogen-bond acceptors (Lipinski definition) is 7. The number of aliphatic carboxylic acids is 1. The van der Waals surface area contributed by atoms with Crippen molar-refractivity contribution in [2.45, 2.75) is 30.6 Å². The summed E-state index contributed by atoms with van der Waals surface area (Å²) in [7, 11) is -4.84. The third-order valence-corrected chi connectivity index (χ3v) is 5.68. The Hall–Kier alpha value is -4.33. The number of amides is 1. The van der Waals surface area contributed by atoms with Crippen LogP contribution >= 0.6 is 0 Å². The maximum absolute atomic E-state index is 13.3. The summed E-state index contributed by atoms with van der Waals surface area (Å²) in [6.07, 6.45) is -10.5. The van der Waals surface area contributed by atoms with E-state index in [9.17, 15) is 44.3 Å². The molecule has 13 nitrogen and oxygen atoms in total. The standard InChI is InChI=1S/C18H21F3N6O5S.C2HF3O2/c1-10-8-11(9-14(28)24-6-7-32-26-17(22)23)15(16(29)25-10)27-33(30,31)13-5-3-2-4-12(13)18(19,20)21;3-2(4,5)1(6)7/h2-5,8,27H,6-7,9H2,1H3,(H,24,28)(H,25,29)(H4,22,23,26);(H,6,7). The first-order valence-electron chi connectivity index (χ1n) is 10.5. The van der Waals surface area contributed by atoms with E-state index < -0.39 is 68.3 Å². The van der Waals surface area contributed by atoms with E-state index in [0.29, 0.717) is 11.8 Å². The SMILES string of the molecule is Cc1cc(CC(=O)NCCONC(=N)N)c(NS(=O)(=O)c2ccccc2C(F)(F)F)c(=O)[nH]1.O=C(O)C(F)(F)F. The van der Waals surface area contributed by atoms with Gasteiger partial charge in [0.2, 0.25) is 11.9 Å². The van der Waals surface area contributed by atoms with E-state index in [0.717, 1.165) is 18.2 Å². The minimum Gasteiger partial charge on any atom is -0.475 e. The number of pyridine rings is 1. The molecule has 1 amide bonds. The van der Waals surface area contributed by atoms with Crippen LogP contribution < -0.4 is 26.8 Å². The van der Waals surface area contributed by atoms with Gasteiger partial charge < -0.3 is 21.1 Å². The van der Waals surface area contributed by atoms with Gasteiger partial charge in [0.15, 0.2) is 0 Å². The van der Waals surface area contributed by atoms with Gasteiger partial charge in [0.1, 0.15) is 5.69 Å². The van der Waals surface area contributed by atoms with Crippen molar-refractivity contribution >= 4 is 33.5 Å². The zero-order valence-corrected chi connectivity index (χ0v) is 21.0. The molecule has 2 aromatic rings. The predicted molar refractivity (Wildman–Crippen MR) is 125 cm³/mol. The number of aromatic amines is 1. The van der Waals surface area contributed by atoms with Crippen LogP contribution in [-0.2, 0) is 37.0 Å². The molecule has 0 atom stereocenters. The molecule has 1 aromatic heterocycles. The molecule has 0 aliphatic heterocycles. The number of sulfonamides is 1. The Balaban J connectivity index is 0.00000101. The van der Waals surface area contributed by atoms with Gasteiger partial charge in [0, 0.05) is 12.2 Å². The molecule has 0 fully saturated rings. The number of H-pyrrole nitrogens is 1. The molecule has 0 aliphatic rings. The highest BCUT2D eigenvalue weighted by Gasteiger charge is 2.38. The summed E-state index contributed by atoms with van der Waals surface area (Å²) in [5.74, 6) is -3.82. The van der Waals surface area contributed by atoms with Crippen molar-refractivity contribution in [1.82, 2.24) is 15.8 Å². The van der Waals surface area contributed by atoms with Gasteiger partial charge in [-0.15, -0.1) is 0 Å². The number of alkyl halides is 6. The number of carbonyl (C=O) groups excluding carboxylic acids is 1. The summed E-state index contributed by atoms with van der Waals surface area (Å²) < 4.78 is 98.9. The highest BCUT2D eigenvalue weighted by atomic mass is 32.2. The number of halogens is 6. The van der Waals surface area contributed by atoms with E-state index in [-0.39, 0.29) is 18.7 Å². The number of benzene rings is 1. The minimum atomic E-state index is -5.08. The fraction of sp³-hybridized carbons (Fsp3) is 0.300. The molecule has 1 heterocycles. The number of aromatic nitrogens is 1. The van der Waals surface area contributed by atoms with Gasteiger partial charge in [-0.3, -0.25) is 24.6 Å². The average Bonchev–Trinajstić information content (AvgIpc) is 2.80. The van der Waals surface area contributed by atoms with Crippen molar-refractivity contribution in [3.63, 3.8) is 0 Å². The summed E-state index contributed by atoms with van der Waals surface area (Å²) in [5.41, 5.74) is 4.41. The summed E-state index contributed by atoms with van der Waals surface area (Å²) in [6, 6.07) is 4.83. The Morgan fingerprint density at radius 1 is 1.15 bits per heavy atom. The second-order valence-electron chi connectivity index (χ2n) is 7.47. The van der Waals surface area contributed by atoms with Crippen LogP contribution in [0.4, 0.5) is 32.0 Å². The number of anilines is 1. The Bertz CT molecular complexity index is 1390. The molecule has 222 valence electrons. The van der Waals surface area contributed by atoms with Crippen molar-refractivity contribution in [3.8, 4) is 0 Å². The van der Waals surface area contributed by atoms with Crippen LogP contribution in [-0.4, -0.2) is 55.7 Å². The van der Waals surface area contributed by atoms with Crippen LogP contribution in [0.2, 0.25) is 0 Å². The summed E-state index contributed by atoms with van der Waals surface area (Å²) in [6.45, 7) is 1.41. The van der Waals surface area contributed by atoms with Crippen molar-refractivity contribution in [2.75, 3.05) is 17.9 Å². The number of carbonyl (C=O) groups is 2. The molecular weight excluding hydrogens is 582 g/mol. The van der Waals surface area contributed by atoms with E-state index in [1.54, 1.807) is 0 Å². The first kappa shape index (κ1) is 33.7. The maximum atomic E-state index is 13.3. The van der Waals surface area contributed by atoms with Crippen molar-refractivity contribution < 1.29 is 54.3 Å². The van der Waals surface area contributed by atoms with Crippen LogP contribution in [0, 0.1) is 12.3 Å². The molecule has 0 aliphatic carbocycles. The number of hydroxylamine groups is 1. The number of nitrogens with two attached hydrogens (primary N) is 1. The Morgan fingerprint density at radius 3 is 2.25 bits per heavy atom. The summed E-state index contributed by atoms with van der Waals surface area (Å²) in [4.78, 5) is 39.5. The largest absolute Gasteiger partial charge is 0.490 e. The highest BCUT2D eigenvalue weighted by molar-refractivity contribution is 7.92. The van der Waals surface area contributed by atoms with Crippen LogP contribution in [0.1, 0.15) is 16.8 Å². The quantitative estimate of drug-likeness (QED) is 0.0719. The lowest BCUT2D eigenvalue weighted by Crippen LogP contribution is -2.35. The van der Waals surface area contributed by atoms with Crippen LogP contribution in [0.3, 0.4) is 0 Å². The molecule has 40 heavy (non-hydrogen) atoms. The van der Waals surface area contributed by atoms with E-state index in [2.05, 4.69) is 15.8 Å². The second kappa shape index (κ2) is 13.6. The number of carboxylic acid groups (broad SMARTS) is 1. The zero-order chi connectivity index (χ0) is 30.9. The van der Waals surface area contributed by atoms with Gasteiger partial charge in [-0.05, 0) is 30.7 Å². The number of guanidine groups is 1. The van der Waals surface area contributed by atoms with Gasteiger partial charge in [0.25, 0.3) is 15.6 Å². The fourth-order valence-corrected chi connectivity index (χ4v) is 4.07. The molecular formula is C20H22F6N6O7S. The van der Waals surface area contributed by atoms with Crippen molar-refractivity contribution in [3.05, 3.63) is 57.5 Å². The lowest BCUT2D eigenvalue weighted by atomic mass is 10.1. The Labute approximate surface area is 221 Å². The minimum absolute atomic E-state index is 0.0126. The predicted octanol–water partition coefficient (Wildman–Crippen LogP) is 1.21. The molecule has 0 unspecified atom stereocenters. The number of carboxylic acids is 1. The molecule has 0 radical (unpaired) electrons. The lowest BCUT2D eigenvalue weighted by Gasteiger charge is -2.16. The number of hydrogen-bond donors (Lipinski definition) is 7. The maximum Gasteiger partial charge on any atom is 0.490 e. The fourth-order valence-electron chi connectivity index (χ4n) is 2.74. The lowest BCUT2D eigenvalue weighted by molar-refractivity contribution is -0.192. The first-order valence-corrected chi connectivity index (χ1v) is 11.9. The van der Waals surface area contributed by atoms with Gasteiger partial charge in [-0.25, -0.2) is 18.7 Å². The van der Waals surface area contributed by atoms with E-state index >= 15 is 0 Å². The smallest absolute Gasteiger partial charge is 0.475 e. The molecule has 0 saturated carbocycles. The number of nitrogens with one attached hydrogen (secondary N) is 5. The molecule has 1 aromatic carbocycles. The molecule has 0 bridgehead atoms.